The average molecular weight is 248 g/mol. The van der Waals surface area contributed by atoms with E-state index in [0.717, 1.165) is 32.5 Å². The molecule has 0 unspecified atom stereocenters. The van der Waals surface area contributed by atoms with Gasteiger partial charge in [0, 0.05) is 32.4 Å². The molecule has 0 aliphatic rings. The number of nitrogens with one attached hydrogen (secondary N) is 1. The first-order chi connectivity index (χ1) is 8.74. The highest BCUT2D eigenvalue weighted by Gasteiger charge is 1.99. The molecule has 4 heteroatoms. The predicted octanol–water partition coefficient (Wildman–Crippen LogP) is 1.83. The van der Waals surface area contributed by atoms with Crippen molar-refractivity contribution in [3.05, 3.63) is 30.3 Å². The minimum atomic E-state index is 0.555. The maximum atomic E-state index is 5.71. The van der Waals surface area contributed by atoms with Gasteiger partial charge in [0.05, 0.1) is 0 Å². The number of guanidine groups is 1. The predicted molar refractivity (Wildman–Crippen MR) is 79.1 cm³/mol. The Morgan fingerprint density at radius 1 is 1.33 bits per heavy atom. The summed E-state index contributed by atoms with van der Waals surface area (Å²) in [5.74, 6) is 0.555. The van der Waals surface area contributed by atoms with Crippen molar-refractivity contribution in [1.29, 1.82) is 0 Å². The van der Waals surface area contributed by atoms with Gasteiger partial charge in [0.25, 0.3) is 0 Å². The molecule has 1 rings (SSSR count). The van der Waals surface area contributed by atoms with Gasteiger partial charge >= 0.3 is 0 Å². The van der Waals surface area contributed by atoms with Crippen LogP contribution in [0.2, 0.25) is 0 Å². The molecule has 0 saturated carbocycles. The second-order valence-electron chi connectivity index (χ2n) is 4.30. The molecule has 0 spiro atoms. The van der Waals surface area contributed by atoms with Crippen molar-refractivity contribution in [2.45, 2.75) is 19.8 Å². The fourth-order valence-electron chi connectivity index (χ4n) is 1.63. The van der Waals surface area contributed by atoms with E-state index in [9.17, 15) is 0 Å². The lowest BCUT2D eigenvalue weighted by atomic mass is 10.3. The lowest BCUT2D eigenvalue weighted by molar-refractivity contribution is 0.746. The van der Waals surface area contributed by atoms with Crippen molar-refractivity contribution in [1.82, 2.24) is 5.32 Å². The summed E-state index contributed by atoms with van der Waals surface area (Å²) in [5.41, 5.74) is 6.95. The molecule has 0 aromatic heterocycles. The van der Waals surface area contributed by atoms with Crippen LogP contribution in [0.3, 0.4) is 0 Å². The summed E-state index contributed by atoms with van der Waals surface area (Å²) < 4.78 is 0. The topological polar surface area (TPSA) is 53.6 Å². The quantitative estimate of drug-likeness (QED) is 0.440. The number of hydrogen-bond donors (Lipinski definition) is 2. The van der Waals surface area contributed by atoms with E-state index in [4.69, 9.17) is 5.73 Å². The number of nitrogens with zero attached hydrogens (tertiary/aromatic N) is 2. The SMILES string of the molecule is CCCN=C(N)NCCCN(C)c1ccccc1. The zero-order valence-electron chi connectivity index (χ0n) is 11.4. The van der Waals surface area contributed by atoms with E-state index in [-0.39, 0.29) is 0 Å². The van der Waals surface area contributed by atoms with E-state index in [1.165, 1.54) is 5.69 Å². The summed E-state index contributed by atoms with van der Waals surface area (Å²) in [7, 11) is 2.10. The van der Waals surface area contributed by atoms with Gasteiger partial charge in [0.1, 0.15) is 0 Å². The summed E-state index contributed by atoms with van der Waals surface area (Å²) >= 11 is 0. The summed E-state index contributed by atoms with van der Waals surface area (Å²) in [6, 6.07) is 10.4. The standard InChI is InChI=1S/C14H24N4/c1-3-10-16-14(15)17-11-7-12-18(2)13-8-5-4-6-9-13/h4-6,8-9H,3,7,10-12H2,1-2H3,(H3,15,16,17). The van der Waals surface area contributed by atoms with Crippen LogP contribution >= 0.6 is 0 Å². The van der Waals surface area contributed by atoms with Crippen LogP contribution in [-0.4, -0.2) is 32.6 Å². The summed E-state index contributed by atoms with van der Waals surface area (Å²) in [6.07, 6.45) is 2.06. The third-order valence-electron chi connectivity index (χ3n) is 2.68. The van der Waals surface area contributed by atoms with Gasteiger partial charge in [-0.1, -0.05) is 25.1 Å². The Balaban J connectivity index is 2.18. The molecule has 0 aliphatic heterocycles. The number of aliphatic imine (C=N–C) groups is 1. The van der Waals surface area contributed by atoms with Crippen molar-refractivity contribution in [3.8, 4) is 0 Å². The van der Waals surface area contributed by atoms with Crippen LogP contribution in [0.5, 0.6) is 0 Å². The Bertz CT molecular complexity index is 348. The van der Waals surface area contributed by atoms with Gasteiger partial charge in [-0.3, -0.25) is 4.99 Å². The molecule has 3 N–H and O–H groups in total. The largest absolute Gasteiger partial charge is 0.375 e. The number of hydrogen-bond acceptors (Lipinski definition) is 2. The Morgan fingerprint density at radius 2 is 2.06 bits per heavy atom. The van der Waals surface area contributed by atoms with Gasteiger partial charge in [-0.05, 0) is 25.0 Å². The molecule has 0 bridgehead atoms. The third kappa shape index (κ3) is 5.57. The first-order valence-electron chi connectivity index (χ1n) is 6.54. The van der Waals surface area contributed by atoms with Gasteiger partial charge in [0.15, 0.2) is 5.96 Å². The van der Waals surface area contributed by atoms with Crippen LogP contribution in [-0.2, 0) is 0 Å². The number of anilines is 1. The monoisotopic (exact) mass is 248 g/mol. The molecular formula is C14H24N4. The van der Waals surface area contributed by atoms with Gasteiger partial charge in [-0.25, -0.2) is 0 Å². The minimum absolute atomic E-state index is 0.555. The van der Waals surface area contributed by atoms with E-state index >= 15 is 0 Å². The van der Waals surface area contributed by atoms with Gasteiger partial charge in [-0.15, -0.1) is 0 Å². The highest BCUT2D eigenvalue weighted by Crippen LogP contribution is 2.10. The Labute approximate surface area is 110 Å². The first kappa shape index (κ1) is 14.4. The van der Waals surface area contributed by atoms with E-state index < -0.39 is 0 Å². The molecular weight excluding hydrogens is 224 g/mol. The van der Waals surface area contributed by atoms with Crippen LogP contribution in [0.4, 0.5) is 5.69 Å². The number of para-hydroxylation sites is 1. The molecule has 0 saturated heterocycles. The fourth-order valence-corrected chi connectivity index (χ4v) is 1.63. The zero-order chi connectivity index (χ0) is 13.2. The maximum Gasteiger partial charge on any atom is 0.188 e. The van der Waals surface area contributed by atoms with Crippen LogP contribution in [0.25, 0.3) is 0 Å². The molecule has 0 atom stereocenters. The van der Waals surface area contributed by atoms with Crippen LogP contribution in [0, 0.1) is 0 Å². The highest BCUT2D eigenvalue weighted by molar-refractivity contribution is 5.77. The molecule has 0 radical (unpaired) electrons. The minimum Gasteiger partial charge on any atom is -0.375 e. The summed E-state index contributed by atoms with van der Waals surface area (Å²) in [5, 5.41) is 3.13. The smallest absolute Gasteiger partial charge is 0.188 e. The Kier molecular flexibility index (Phi) is 6.69. The molecule has 0 fully saturated rings. The third-order valence-corrected chi connectivity index (χ3v) is 2.68. The second-order valence-corrected chi connectivity index (χ2v) is 4.30. The molecule has 1 aromatic carbocycles. The molecule has 18 heavy (non-hydrogen) atoms. The lowest BCUT2D eigenvalue weighted by Gasteiger charge is -2.19. The van der Waals surface area contributed by atoms with Crippen molar-refractivity contribution in [2.75, 3.05) is 31.6 Å². The van der Waals surface area contributed by atoms with Crippen LogP contribution in [0.15, 0.2) is 35.3 Å². The van der Waals surface area contributed by atoms with E-state index in [1.54, 1.807) is 0 Å². The highest BCUT2D eigenvalue weighted by atomic mass is 15.1. The van der Waals surface area contributed by atoms with Gasteiger partial charge in [0.2, 0.25) is 0 Å². The molecule has 0 amide bonds. The molecule has 4 nitrogen and oxygen atoms in total. The van der Waals surface area contributed by atoms with Crippen molar-refractivity contribution in [2.24, 2.45) is 10.7 Å². The van der Waals surface area contributed by atoms with Crippen molar-refractivity contribution < 1.29 is 0 Å². The number of rotatable bonds is 7. The van der Waals surface area contributed by atoms with Crippen LogP contribution < -0.4 is 16.0 Å². The Hall–Kier alpha value is -1.71. The zero-order valence-corrected chi connectivity index (χ0v) is 11.4. The lowest BCUT2D eigenvalue weighted by Crippen LogP contribution is -2.34. The van der Waals surface area contributed by atoms with Crippen molar-refractivity contribution in [3.63, 3.8) is 0 Å². The van der Waals surface area contributed by atoms with Gasteiger partial charge in [-0.2, -0.15) is 0 Å². The van der Waals surface area contributed by atoms with E-state index in [1.807, 2.05) is 6.07 Å². The molecule has 1 aromatic rings. The van der Waals surface area contributed by atoms with Gasteiger partial charge < -0.3 is 16.0 Å². The maximum absolute atomic E-state index is 5.71. The molecule has 100 valence electrons. The Morgan fingerprint density at radius 3 is 2.72 bits per heavy atom. The number of benzene rings is 1. The first-order valence-corrected chi connectivity index (χ1v) is 6.54. The van der Waals surface area contributed by atoms with E-state index in [2.05, 4.69) is 53.4 Å². The average Bonchev–Trinajstić information content (AvgIpc) is 2.42. The number of nitrogens with two attached hydrogens (primary N) is 1. The van der Waals surface area contributed by atoms with E-state index in [0.29, 0.717) is 5.96 Å². The summed E-state index contributed by atoms with van der Waals surface area (Å²) in [6.45, 7) is 4.74. The molecule has 0 aliphatic carbocycles. The second kappa shape index (κ2) is 8.39. The van der Waals surface area contributed by atoms with Crippen LogP contribution in [0.1, 0.15) is 19.8 Å². The summed E-state index contributed by atoms with van der Waals surface area (Å²) in [4.78, 5) is 6.42. The fraction of sp³-hybridized carbons (Fsp3) is 0.500. The van der Waals surface area contributed by atoms with Crippen molar-refractivity contribution >= 4 is 11.6 Å². The normalized spacial score (nSPS) is 11.3. The molecule has 0 heterocycles.